The van der Waals surface area contributed by atoms with Crippen LogP contribution in [-0.2, 0) is 12.8 Å². The van der Waals surface area contributed by atoms with E-state index < -0.39 is 5.72 Å². The van der Waals surface area contributed by atoms with E-state index in [1.54, 1.807) is 4.68 Å². The second-order valence-corrected chi connectivity index (χ2v) is 9.98. The highest BCUT2D eigenvalue weighted by molar-refractivity contribution is 5.97. The van der Waals surface area contributed by atoms with E-state index in [0.29, 0.717) is 12.2 Å². The molecule has 5 rings (SSSR count). The van der Waals surface area contributed by atoms with Crippen LogP contribution in [0.15, 0.2) is 47.3 Å². The van der Waals surface area contributed by atoms with Crippen LogP contribution in [0.2, 0.25) is 0 Å². The summed E-state index contributed by atoms with van der Waals surface area (Å²) in [5.41, 5.74) is 5.00. The highest BCUT2D eigenvalue weighted by Gasteiger charge is 2.57. The van der Waals surface area contributed by atoms with Crippen molar-refractivity contribution >= 4 is 11.5 Å². The molecule has 3 heterocycles. The molecule has 0 spiro atoms. The van der Waals surface area contributed by atoms with Crippen LogP contribution >= 0.6 is 0 Å². The van der Waals surface area contributed by atoms with E-state index in [-0.39, 0.29) is 22.5 Å². The molecular weight excluding hydrogens is 504 g/mol. The highest BCUT2D eigenvalue weighted by Crippen LogP contribution is 2.41. The van der Waals surface area contributed by atoms with Gasteiger partial charge in [-0.2, -0.15) is 4.90 Å². The minimum atomic E-state index is -1.31. The minimum absolute atomic E-state index is 0. The van der Waals surface area contributed by atoms with E-state index in [9.17, 15) is 9.90 Å². The Morgan fingerprint density at radius 3 is 2.29 bits per heavy atom. The number of hydrogen-bond donors (Lipinski definition) is 1. The van der Waals surface area contributed by atoms with Crippen molar-refractivity contribution in [2.24, 2.45) is 7.05 Å². The van der Waals surface area contributed by atoms with Gasteiger partial charge in [0, 0.05) is 19.0 Å². The van der Waals surface area contributed by atoms with Gasteiger partial charge in [-0.05, 0) is 70.2 Å². The third-order valence-electron chi connectivity index (χ3n) is 7.56. The zero-order valence-electron chi connectivity index (χ0n) is 21.3. The van der Waals surface area contributed by atoms with Crippen molar-refractivity contribution in [3.05, 3.63) is 80.8 Å². The average molecular weight is 540 g/mol. The predicted octanol–water partition coefficient (Wildman–Crippen LogP) is 1.06. The number of aryl methyl sites for hydroxylation is 3. The van der Waals surface area contributed by atoms with Gasteiger partial charge in [0.05, 0.1) is 17.9 Å². The summed E-state index contributed by atoms with van der Waals surface area (Å²) in [4.78, 5) is 16.0. The molecule has 1 aromatic heterocycles. The molecule has 1 unspecified atom stereocenters. The molecule has 6 nitrogen and oxygen atoms in total. The van der Waals surface area contributed by atoms with Gasteiger partial charge in [-0.3, -0.25) is 14.1 Å². The SMILES string of the molecule is Cc1cc(C)c(C2(O)C[N+]3=C(CCCCC3)N2c2c(C)n(C)n(-c3ccccc3)c2=O)c(C)c1.[Br-]. The second kappa shape index (κ2) is 9.43. The van der Waals surface area contributed by atoms with Crippen molar-refractivity contribution in [2.75, 3.05) is 18.0 Å². The van der Waals surface area contributed by atoms with Crippen molar-refractivity contribution in [3.8, 4) is 5.69 Å². The van der Waals surface area contributed by atoms with Gasteiger partial charge in [0.2, 0.25) is 5.69 Å². The maximum absolute atomic E-state index is 14.1. The quantitative estimate of drug-likeness (QED) is 0.507. The highest BCUT2D eigenvalue weighted by atomic mass is 79.9. The minimum Gasteiger partial charge on any atom is -1.00 e. The first-order chi connectivity index (χ1) is 16.2. The molecule has 0 saturated carbocycles. The fraction of sp³-hybridized carbons (Fsp3) is 0.429. The number of halogens is 1. The molecule has 0 bridgehead atoms. The van der Waals surface area contributed by atoms with E-state index >= 15 is 0 Å². The maximum Gasteiger partial charge on any atom is 0.318 e. The summed E-state index contributed by atoms with van der Waals surface area (Å²) in [6.07, 6.45) is 4.17. The Kier molecular flexibility index (Phi) is 6.86. The number of anilines is 1. The van der Waals surface area contributed by atoms with Crippen molar-refractivity contribution < 1.29 is 26.7 Å². The molecule has 2 aliphatic heterocycles. The largest absolute Gasteiger partial charge is 1.00 e. The number of aromatic nitrogens is 2. The lowest BCUT2D eigenvalue weighted by Gasteiger charge is -2.31. The molecule has 0 saturated heterocycles. The van der Waals surface area contributed by atoms with Crippen molar-refractivity contribution in [1.29, 1.82) is 0 Å². The van der Waals surface area contributed by atoms with Crippen molar-refractivity contribution in [2.45, 2.75) is 59.1 Å². The molecule has 3 aromatic rings. The summed E-state index contributed by atoms with van der Waals surface area (Å²) in [6.45, 7) is 9.57. The number of para-hydroxylation sites is 1. The number of rotatable bonds is 3. The monoisotopic (exact) mass is 538 g/mol. The van der Waals surface area contributed by atoms with E-state index in [1.807, 2.05) is 53.9 Å². The van der Waals surface area contributed by atoms with Gasteiger partial charge in [-0.1, -0.05) is 35.9 Å². The van der Waals surface area contributed by atoms with Gasteiger partial charge in [-0.15, -0.1) is 0 Å². The molecule has 0 radical (unpaired) electrons. The first-order valence-corrected chi connectivity index (χ1v) is 12.3. The van der Waals surface area contributed by atoms with Gasteiger partial charge < -0.3 is 22.1 Å². The van der Waals surface area contributed by atoms with Gasteiger partial charge in [0.1, 0.15) is 0 Å². The third-order valence-corrected chi connectivity index (χ3v) is 7.56. The molecule has 2 aliphatic rings. The fourth-order valence-corrected chi connectivity index (χ4v) is 6.15. The molecule has 1 N–H and O–H groups in total. The standard InChI is InChI=1S/C28H35N4O2.BrH/c1-19-16-20(2)25(21(3)17-19)28(34)18-30-15-11-7-10-14-24(30)31(28)26-22(4)29(5)32(27(26)33)23-12-8-6-9-13-23;/h6,8-9,12-13,16-17,34H,7,10-11,14-15,18H2,1-5H3;1H/q+1;/p-1. The number of hydrogen-bond acceptors (Lipinski definition) is 3. The van der Waals surface area contributed by atoms with E-state index in [4.69, 9.17) is 0 Å². The average Bonchev–Trinajstić information content (AvgIpc) is 3.04. The molecule has 0 aliphatic carbocycles. The topological polar surface area (TPSA) is 53.4 Å². The lowest BCUT2D eigenvalue weighted by atomic mass is 9.90. The zero-order valence-corrected chi connectivity index (χ0v) is 22.9. The Labute approximate surface area is 217 Å². The van der Waals surface area contributed by atoms with Crippen LogP contribution in [-0.4, -0.2) is 38.0 Å². The number of aliphatic hydroxyl groups is 1. The lowest BCUT2D eigenvalue weighted by molar-refractivity contribution is -0.534. The first kappa shape index (κ1) is 25.5. The van der Waals surface area contributed by atoms with Crippen LogP contribution in [0.5, 0.6) is 0 Å². The molecule has 7 heteroatoms. The van der Waals surface area contributed by atoms with Crippen molar-refractivity contribution in [3.63, 3.8) is 0 Å². The molecule has 0 amide bonds. The summed E-state index contributed by atoms with van der Waals surface area (Å²) in [7, 11) is 1.92. The van der Waals surface area contributed by atoms with Gasteiger partial charge >= 0.3 is 5.56 Å². The summed E-state index contributed by atoms with van der Waals surface area (Å²) in [5.74, 6) is 1.06. The fourth-order valence-electron chi connectivity index (χ4n) is 6.15. The lowest BCUT2D eigenvalue weighted by Crippen LogP contribution is -3.00. The molecule has 186 valence electrons. The Bertz CT molecular complexity index is 1330. The summed E-state index contributed by atoms with van der Waals surface area (Å²) in [6, 6.07) is 14.0. The van der Waals surface area contributed by atoms with Crippen molar-refractivity contribution in [1.82, 2.24) is 9.36 Å². The Balaban J connectivity index is 0.00000289. The summed E-state index contributed by atoms with van der Waals surface area (Å²) in [5, 5.41) is 12.6. The molecular formula is C28H35BrN4O2. The van der Waals surface area contributed by atoms with Crippen LogP contribution < -0.4 is 27.4 Å². The van der Waals surface area contributed by atoms with Gasteiger partial charge in [-0.25, -0.2) is 4.68 Å². The number of nitrogens with zero attached hydrogens (tertiary/aromatic N) is 4. The van der Waals surface area contributed by atoms with Gasteiger partial charge in [0.25, 0.3) is 11.6 Å². The smallest absolute Gasteiger partial charge is 0.318 e. The van der Waals surface area contributed by atoms with E-state index in [2.05, 4.69) is 37.5 Å². The van der Waals surface area contributed by atoms with Crippen LogP contribution in [0, 0.1) is 27.7 Å². The van der Waals surface area contributed by atoms with Crippen LogP contribution in [0.3, 0.4) is 0 Å². The van der Waals surface area contributed by atoms with Crippen LogP contribution in [0.4, 0.5) is 5.69 Å². The molecule has 35 heavy (non-hydrogen) atoms. The molecule has 2 aromatic carbocycles. The van der Waals surface area contributed by atoms with E-state index in [0.717, 1.165) is 66.1 Å². The van der Waals surface area contributed by atoms with Crippen LogP contribution in [0.25, 0.3) is 5.69 Å². The normalized spacial score (nSPS) is 20.0. The molecule has 1 atom stereocenters. The maximum atomic E-state index is 14.1. The Hall–Kier alpha value is -2.64. The molecule has 0 fully saturated rings. The second-order valence-electron chi connectivity index (χ2n) is 9.98. The first-order valence-electron chi connectivity index (χ1n) is 12.3. The Morgan fingerprint density at radius 1 is 0.971 bits per heavy atom. The van der Waals surface area contributed by atoms with Crippen LogP contribution in [0.1, 0.15) is 53.6 Å². The summed E-state index contributed by atoms with van der Waals surface area (Å²) >= 11 is 0. The van der Waals surface area contributed by atoms with Gasteiger partial charge in [0.15, 0.2) is 6.54 Å². The Morgan fingerprint density at radius 2 is 1.63 bits per heavy atom. The zero-order chi connectivity index (χ0) is 24.2. The number of benzene rings is 2. The predicted molar refractivity (Wildman–Crippen MR) is 136 cm³/mol. The number of amidine groups is 1. The third kappa shape index (κ3) is 3.99. The van der Waals surface area contributed by atoms with E-state index in [1.165, 1.54) is 5.56 Å². The summed E-state index contributed by atoms with van der Waals surface area (Å²) < 4.78 is 5.92.